The Bertz CT molecular complexity index is 1240. The lowest BCUT2D eigenvalue weighted by atomic mass is 9.84. The van der Waals surface area contributed by atoms with Crippen molar-refractivity contribution in [1.29, 1.82) is 0 Å². The molecule has 0 heterocycles. The van der Waals surface area contributed by atoms with Gasteiger partial charge in [0.25, 0.3) is 0 Å². The Morgan fingerprint density at radius 3 is 1.93 bits per heavy atom. The molecule has 0 saturated carbocycles. The third kappa shape index (κ3) is 8.34. The standard InChI is InChI=1S/C29H32F5NO6/c1-16(2)20(26(38)29(32,33)34)15-22(36)25(18-10-12-19(40-4)13-11-18)35-27(39)17(3)14-24(37)28(30,31)21-8-6-7-9-23(21)41-5/h6-13,16-17,20,25H,14-15H2,1-5H3,(H,35,39)/t17-,20+,25+/m1/s1. The number of alkyl halides is 5. The predicted molar refractivity (Wildman–Crippen MR) is 139 cm³/mol. The minimum atomic E-state index is -5.17. The zero-order valence-corrected chi connectivity index (χ0v) is 23.2. The zero-order valence-electron chi connectivity index (χ0n) is 23.2. The minimum Gasteiger partial charge on any atom is -0.497 e. The number of ketones is 3. The molecule has 2 aromatic rings. The highest BCUT2D eigenvalue weighted by Crippen LogP contribution is 2.37. The van der Waals surface area contributed by atoms with Crippen molar-refractivity contribution in [3.05, 3.63) is 59.7 Å². The largest absolute Gasteiger partial charge is 0.497 e. The molecule has 0 fully saturated rings. The maximum absolute atomic E-state index is 15.0. The lowest BCUT2D eigenvalue weighted by Gasteiger charge is -2.25. The Morgan fingerprint density at radius 1 is 0.829 bits per heavy atom. The normalized spacial score (nSPS) is 14.1. The van der Waals surface area contributed by atoms with Crippen molar-refractivity contribution in [2.24, 2.45) is 17.8 Å². The highest BCUT2D eigenvalue weighted by molar-refractivity contribution is 5.96. The van der Waals surface area contributed by atoms with E-state index in [-0.39, 0.29) is 11.3 Å². The van der Waals surface area contributed by atoms with Crippen LogP contribution in [-0.2, 0) is 25.1 Å². The number of ether oxygens (including phenoxy) is 2. The Hall–Kier alpha value is -3.83. The van der Waals surface area contributed by atoms with Crippen molar-refractivity contribution in [2.45, 2.75) is 51.8 Å². The number of Topliss-reactive ketones (excluding diaryl/α,β-unsaturated/α-hetero) is 3. The molecule has 0 aliphatic heterocycles. The SMILES string of the molecule is COc1ccc([C@H](NC(=O)[C@H](C)CC(=O)C(F)(F)c2ccccc2OC)C(=O)C[C@H](C(=O)C(F)(F)F)C(C)C)cc1. The van der Waals surface area contributed by atoms with Crippen LogP contribution in [0.5, 0.6) is 11.5 Å². The van der Waals surface area contributed by atoms with Crippen molar-refractivity contribution >= 4 is 23.3 Å². The van der Waals surface area contributed by atoms with Gasteiger partial charge in [-0.2, -0.15) is 22.0 Å². The van der Waals surface area contributed by atoms with Gasteiger partial charge in [0.05, 0.1) is 19.8 Å². The number of amides is 1. The van der Waals surface area contributed by atoms with E-state index in [0.29, 0.717) is 5.75 Å². The first-order valence-corrected chi connectivity index (χ1v) is 12.7. The van der Waals surface area contributed by atoms with Gasteiger partial charge < -0.3 is 14.8 Å². The van der Waals surface area contributed by atoms with Gasteiger partial charge in [0.2, 0.25) is 17.5 Å². The molecule has 2 aromatic carbocycles. The average molecular weight is 586 g/mol. The molecule has 0 aliphatic rings. The van der Waals surface area contributed by atoms with Crippen molar-refractivity contribution in [2.75, 3.05) is 14.2 Å². The first-order chi connectivity index (χ1) is 19.0. The second-order valence-corrected chi connectivity index (χ2v) is 9.90. The summed E-state index contributed by atoms with van der Waals surface area (Å²) in [4.78, 5) is 50.9. The van der Waals surface area contributed by atoms with E-state index >= 15 is 0 Å². The van der Waals surface area contributed by atoms with Gasteiger partial charge in [-0.05, 0) is 35.7 Å². The number of benzene rings is 2. The maximum atomic E-state index is 15.0. The minimum absolute atomic E-state index is 0.156. The number of hydrogen-bond donors (Lipinski definition) is 1. The molecule has 0 radical (unpaired) electrons. The highest BCUT2D eigenvalue weighted by Gasteiger charge is 2.46. The lowest BCUT2D eigenvalue weighted by molar-refractivity contribution is -0.177. The van der Waals surface area contributed by atoms with Crippen LogP contribution >= 0.6 is 0 Å². The van der Waals surface area contributed by atoms with Crippen LogP contribution in [-0.4, -0.2) is 43.7 Å². The second-order valence-electron chi connectivity index (χ2n) is 9.90. The van der Waals surface area contributed by atoms with Gasteiger partial charge in [0.1, 0.15) is 17.5 Å². The van der Waals surface area contributed by atoms with E-state index in [1.54, 1.807) is 0 Å². The third-order valence-corrected chi connectivity index (χ3v) is 6.63. The summed E-state index contributed by atoms with van der Waals surface area (Å²) in [6.07, 6.45) is -6.93. The lowest BCUT2D eigenvalue weighted by Crippen LogP contribution is -2.41. The first kappa shape index (κ1) is 33.4. The third-order valence-electron chi connectivity index (χ3n) is 6.63. The van der Waals surface area contributed by atoms with Crippen LogP contribution in [0.1, 0.15) is 50.8 Å². The van der Waals surface area contributed by atoms with E-state index in [1.807, 2.05) is 0 Å². The van der Waals surface area contributed by atoms with Gasteiger partial charge in [0, 0.05) is 24.7 Å². The Labute approximate surface area is 234 Å². The molecule has 1 amide bonds. The van der Waals surface area contributed by atoms with Gasteiger partial charge in [-0.15, -0.1) is 0 Å². The van der Waals surface area contributed by atoms with Crippen molar-refractivity contribution in [3.8, 4) is 11.5 Å². The molecule has 12 heteroatoms. The van der Waals surface area contributed by atoms with Crippen LogP contribution in [0.2, 0.25) is 0 Å². The molecule has 0 aromatic heterocycles. The number of rotatable bonds is 14. The molecule has 0 spiro atoms. The van der Waals surface area contributed by atoms with Crippen LogP contribution in [0, 0.1) is 17.8 Å². The van der Waals surface area contributed by atoms with Gasteiger partial charge in [-0.1, -0.05) is 45.0 Å². The number of methoxy groups -OCH3 is 2. The molecule has 224 valence electrons. The summed E-state index contributed by atoms with van der Waals surface area (Å²) >= 11 is 0. The zero-order chi connectivity index (χ0) is 31.1. The summed E-state index contributed by atoms with van der Waals surface area (Å²) in [6, 6.07) is 9.18. The van der Waals surface area contributed by atoms with Gasteiger partial charge in [-0.25, -0.2) is 0 Å². The molecule has 2 rings (SSSR count). The van der Waals surface area contributed by atoms with E-state index in [2.05, 4.69) is 5.32 Å². The number of para-hydroxylation sites is 1. The fraction of sp³-hybridized carbons (Fsp3) is 0.448. The highest BCUT2D eigenvalue weighted by atomic mass is 19.4. The van der Waals surface area contributed by atoms with Crippen molar-refractivity contribution in [1.82, 2.24) is 5.32 Å². The number of hydrogen-bond acceptors (Lipinski definition) is 6. The van der Waals surface area contributed by atoms with Crippen molar-refractivity contribution in [3.63, 3.8) is 0 Å². The maximum Gasteiger partial charge on any atom is 0.450 e. The average Bonchev–Trinajstić information content (AvgIpc) is 2.93. The first-order valence-electron chi connectivity index (χ1n) is 12.7. The van der Waals surface area contributed by atoms with Crippen LogP contribution in [0.4, 0.5) is 22.0 Å². The molecule has 7 nitrogen and oxygen atoms in total. The van der Waals surface area contributed by atoms with Gasteiger partial charge in [0.15, 0.2) is 5.78 Å². The number of halogens is 5. The fourth-order valence-electron chi connectivity index (χ4n) is 4.16. The topological polar surface area (TPSA) is 98.8 Å². The summed E-state index contributed by atoms with van der Waals surface area (Å²) in [5, 5.41) is 2.37. The fourth-order valence-corrected chi connectivity index (χ4v) is 4.16. The molecular weight excluding hydrogens is 553 g/mol. The quantitative estimate of drug-likeness (QED) is 0.290. The van der Waals surface area contributed by atoms with E-state index in [0.717, 1.165) is 13.2 Å². The Balaban J connectivity index is 2.31. The molecule has 0 bridgehead atoms. The van der Waals surface area contributed by atoms with Crippen LogP contribution < -0.4 is 14.8 Å². The summed E-state index contributed by atoms with van der Waals surface area (Å²) < 4.78 is 79.5. The van der Waals surface area contributed by atoms with E-state index in [1.165, 1.54) is 70.3 Å². The molecular formula is C29H32F5NO6. The van der Waals surface area contributed by atoms with Crippen LogP contribution in [0.15, 0.2) is 48.5 Å². The molecule has 0 saturated heterocycles. The summed E-state index contributed by atoms with van der Waals surface area (Å²) in [7, 11) is 2.55. The number of carbonyl (C=O) groups excluding carboxylic acids is 4. The van der Waals surface area contributed by atoms with E-state index in [4.69, 9.17) is 9.47 Å². The summed E-state index contributed by atoms with van der Waals surface area (Å²) in [5.74, 6) is -13.3. The summed E-state index contributed by atoms with van der Waals surface area (Å²) in [5.41, 5.74) is -0.524. The smallest absolute Gasteiger partial charge is 0.450 e. The van der Waals surface area contributed by atoms with E-state index in [9.17, 15) is 41.1 Å². The second kappa shape index (κ2) is 13.7. The molecule has 41 heavy (non-hydrogen) atoms. The van der Waals surface area contributed by atoms with Crippen molar-refractivity contribution < 1.29 is 50.6 Å². The van der Waals surface area contributed by atoms with Crippen LogP contribution in [0.3, 0.4) is 0 Å². The molecule has 1 N–H and O–H groups in total. The molecule has 3 atom stereocenters. The number of carbonyl (C=O) groups is 4. The Kier molecular flexibility index (Phi) is 11.1. The summed E-state index contributed by atoms with van der Waals surface area (Å²) in [6.45, 7) is 3.92. The van der Waals surface area contributed by atoms with E-state index < -0.39 is 77.6 Å². The van der Waals surface area contributed by atoms with Crippen LogP contribution in [0.25, 0.3) is 0 Å². The predicted octanol–water partition coefficient (Wildman–Crippen LogP) is 5.61. The van der Waals surface area contributed by atoms with Gasteiger partial charge >= 0.3 is 12.1 Å². The molecule has 0 unspecified atom stereocenters. The number of nitrogens with one attached hydrogen (secondary N) is 1. The monoisotopic (exact) mass is 585 g/mol. The Morgan fingerprint density at radius 2 is 1.41 bits per heavy atom. The van der Waals surface area contributed by atoms with Gasteiger partial charge in [-0.3, -0.25) is 19.2 Å². The molecule has 0 aliphatic carbocycles.